The minimum absolute atomic E-state index is 0.119. The zero-order chi connectivity index (χ0) is 22.7. The van der Waals surface area contributed by atoms with Crippen LogP contribution < -0.4 is 16.4 Å². The molecule has 0 radical (unpaired) electrons. The second kappa shape index (κ2) is 9.67. The number of benzene rings is 1. The summed E-state index contributed by atoms with van der Waals surface area (Å²) >= 11 is 0. The molecule has 0 spiro atoms. The summed E-state index contributed by atoms with van der Waals surface area (Å²) in [6, 6.07) is 8.15. The van der Waals surface area contributed by atoms with Gasteiger partial charge in [-0.1, -0.05) is 0 Å². The molecule has 1 unspecified atom stereocenters. The van der Waals surface area contributed by atoms with Crippen molar-refractivity contribution in [1.82, 2.24) is 9.97 Å². The largest absolute Gasteiger partial charge is 0.381 e. The Bertz CT molecular complexity index is 1070. The fraction of sp³-hybridized carbons (Fsp3) is 0.417. The van der Waals surface area contributed by atoms with Gasteiger partial charge in [0.2, 0.25) is 0 Å². The Balaban J connectivity index is 1.69. The number of aromatic amines is 1. The molecule has 4 rings (SSSR count). The van der Waals surface area contributed by atoms with Gasteiger partial charge in [-0.25, -0.2) is 9.37 Å². The number of hydrogen-bond acceptors (Lipinski definition) is 5. The van der Waals surface area contributed by atoms with Crippen molar-refractivity contribution in [2.45, 2.75) is 57.7 Å². The molecule has 8 heteroatoms. The van der Waals surface area contributed by atoms with E-state index in [4.69, 9.17) is 10.5 Å². The summed E-state index contributed by atoms with van der Waals surface area (Å²) < 4.78 is 19.0. The van der Waals surface area contributed by atoms with Gasteiger partial charge >= 0.3 is 0 Å². The highest BCUT2D eigenvalue weighted by molar-refractivity contribution is 6.12. The van der Waals surface area contributed by atoms with E-state index in [-0.39, 0.29) is 29.9 Å². The average Bonchev–Trinajstić information content (AvgIpc) is 3.22. The summed E-state index contributed by atoms with van der Waals surface area (Å²) in [6.45, 7) is 4.53. The molecule has 5 N–H and O–H groups in total. The summed E-state index contributed by atoms with van der Waals surface area (Å²) in [4.78, 5) is 21.0. The number of ether oxygens (including phenoxy) is 1. The molecule has 3 aromatic rings. The highest BCUT2D eigenvalue weighted by Crippen LogP contribution is 2.32. The quantitative estimate of drug-likeness (QED) is 0.426. The van der Waals surface area contributed by atoms with E-state index < -0.39 is 0 Å². The number of nitrogens with one attached hydrogen (secondary N) is 3. The summed E-state index contributed by atoms with van der Waals surface area (Å²) in [7, 11) is 0. The second-order valence-corrected chi connectivity index (χ2v) is 8.35. The van der Waals surface area contributed by atoms with Gasteiger partial charge in [0.1, 0.15) is 11.5 Å². The number of pyridine rings is 1. The molecule has 7 nitrogen and oxygen atoms in total. The number of nitrogens with zero attached hydrogens (tertiary/aromatic N) is 1. The van der Waals surface area contributed by atoms with Gasteiger partial charge in [-0.05, 0) is 69.9 Å². The topological polar surface area (TPSA) is 105 Å². The number of rotatable bonds is 7. The Morgan fingerprint density at radius 3 is 2.69 bits per heavy atom. The Morgan fingerprint density at radius 1 is 1.28 bits per heavy atom. The van der Waals surface area contributed by atoms with Crippen molar-refractivity contribution in [2.24, 2.45) is 5.73 Å². The monoisotopic (exact) mass is 439 g/mol. The van der Waals surface area contributed by atoms with E-state index in [1.165, 1.54) is 24.3 Å². The molecule has 1 saturated carbocycles. The lowest BCUT2D eigenvalue weighted by molar-refractivity contribution is 0.0739. The number of carbonyl (C=O) groups is 1. The highest BCUT2D eigenvalue weighted by Gasteiger charge is 2.24. The molecule has 0 bridgehead atoms. The van der Waals surface area contributed by atoms with E-state index >= 15 is 0 Å². The molecule has 1 fully saturated rings. The predicted molar refractivity (Wildman–Crippen MR) is 124 cm³/mol. The van der Waals surface area contributed by atoms with Crippen LogP contribution in [0.4, 0.5) is 15.8 Å². The predicted octanol–water partition coefficient (Wildman–Crippen LogP) is 4.73. The third-order valence-corrected chi connectivity index (χ3v) is 6.00. The summed E-state index contributed by atoms with van der Waals surface area (Å²) in [5.41, 5.74) is 9.36. The van der Waals surface area contributed by atoms with E-state index in [2.05, 4.69) is 20.6 Å². The smallest absolute Gasteiger partial charge is 0.259 e. The Morgan fingerprint density at radius 2 is 2.00 bits per heavy atom. The van der Waals surface area contributed by atoms with Gasteiger partial charge in [-0.3, -0.25) is 4.79 Å². The van der Waals surface area contributed by atoms with Gasteiger partial charge in [0, 0.05) is 41.7 Å². The van der Waals surface area contributed by atoms with E-state index in [1.807, 2.05) is 19.9 Å². The number of carbonyl (C=O) groups excluding carboxylic acids is 1. The number of amides is 1. The Labute approximate surface area is 186 Å². The van der Waals surface area contributed by atoms with Crippen molar-refractivity contribution < 1.29 is 13.9 Å². The number of anilines is 2. The van der Waals surface area contributed by atoms with Crippen LogP contribution in [0.2, 0.25) is 0 Å². The number of H-pyrrole nitrogens is 1. The fourth-order valence-corrected chi connectivity index (χ4v) is 4.18. The van der Waals surface area contributed by atoms with Crippen molar-refractivity contribution in [3.05, 3.63) is 53.6 Å². The van der Waals surface area contributed by atoms with E-state index in [9.17, 15) is 9.18 Å². The van der Waals surface area contributed by atoms with Gasteiger partial charge < -0.3 is 26.1 Å². The standard InChI is InChI=1S/C24H30FN5O2/c1-3-32-14(2)21-12-19-22(28-17-10-6-16(26)7-11-17)20(13-27-23(19)30-21)24(31)29-18-8-4-15(25)5-9-18/h4-5,8-9,12-14,16-17H,3,6-7,10-11,26H2,1-2H3,(H,29,31)(H2,27,28,30). The third-order valence-electron chi connectivity index (χ3n) is 6.00. The van der Waals surface area contributed by atoms with Gasteiger partial charge in [-0.2, -0.15) is 0 Å². The van der Waals surface area contributed by atoms with Crippen molar-refractivity contribution >= 4 is 28.3 Å². The highest BCUT2D eigenvalue weighted by atomic mass is 19.1. The Kier molecular flexibility index (Phi) is 6.72. The van der Waals surface area contributed by atoms with Crippen molar-refractivity contribution in [1.29, 1.82) is 0 Å². The fourth-order valence-electron chi connectivity index (χ4n) is 4.18. The summed E-state index contributed by atoms with van der Waals surface area (Å²) in [6.07, 6.45) is 5.23. The summed E-state index contributed by atoms with van der Waals surface area (Å²) in [5.74, 6) is -0.658. The van der Waals surface area contributed by atoms with Crippen LogP contribution in [0.5, 0.6) is 0 Å². The zero-order valence-corrected chi connectivity index (χ0v) is 18.5. The first-order valence-electron chi connectivity index (χ1n) is 11.2. The van der Waals surface area contributed by atoms with Crippen LogP contribution in [0.25, 0.3) is 11.0 Å². The van der Waals surface area contributed by atoms with Crippen LogP contribution in [-0.4, -0.2) is 34.6 Å². The van der Waals surface area contributed by atoms with Crippen molar-refractivity contribution in [3.63, 3.8) is 0 Å². The van der Waals surface area contributed by atoms with Gasteiger partial charge in [0.05, 0.1) is 17.4 Å². The van der Waals surface area contributed by atoms with Crippen LogP contribution in [0.1, 0.15) is 61.7 Å². The molecule has 1 amide bonds. The molecule has 1 aromatic carbocycles. The van der Waals surface area contributed by atoms with Crippen LogP contribution in [0.15, 0.2) is 36.5 Å². The van der Waals surface area contributed by atoms with E-state index in [0.29, 0.717) is 23.5 Å². The van der Waals surface area contributed by atoms with Crippen molar-refractivity contribution in [2.75, 3.05) is 17.2 Å². The molecule has 0 aliphatic heterocycles. The first-order chi connectivity index (χ1) is 15.4. The molecule has 32 heavy (non-hydrogen) atoms. The lowest BCUT2D eigenvalue weighted by Crippen LogP contribution is -2.33. The SMILES string of the molecule is CCOC(C)c1cc2c(NC3CCC(N)CC3)c(C(=O)Nc3ccc(F)cc3)cnc2[nH]1. The van der Waals surface area contributed by atoms with Crippen LogP contribution in [0, 0.1) is 5.82 Å². The minimum Gasteiger partial charge on any atom is -0.381 e. The number of aromatic nitrogens is 2. The maximum absolute atomic E-state index is 13.2. The molecular formula is C24H30FN5O2. The Hall–Kier alpha value is -2.97. The van der Waals surface area contributed by atoms with Crippen LogP contribution in [-0.2, 0) is 4.74 Å². The number of nitrogens with two attached hydrogens (primary N) is 1. The number of fused-ring (bicyclic) bond motifs is 1. The maximum atomic E-state index is 13.2. The third kappa shape index (κ3) is 4.92. The second-order valence-electron chi connectivity index (χ2n) is 8.35. The maximum Gasteiger partial charge on any atom is 0.259 e. The normalized spacial score (nSPS) is 19.6. The van der Waals surface area contributed by atoms with E-state index in [0.717, 1.165) is 42.5 Å². The van der Waals surface area contributed by atoms with E-state index in [1.54, 1.807) is 6.20 Å². The lowest BCUT2D eigenvalue weighted by atomic mass is 9.91. The molecule has 1 atom stereocenters. The molecule has 2 aromatic heterocycles. The molecule has 1 aliphatic rings. The molecular weight excluding hydrogens is 409 g/mol. The van der Waals surface area contributed by atoms with Crippen LogP contribution in [0.3, 0.4) is 0 Å². The number of hydrogen-bond donors (Lipinski definition) is 4. The van der Waals surface area contributed by atoms with Gasteiger partial charge in [-0.15, -0.1) is 0 Å². The minimum atomic E-state index is -0.354. The number of halogens is 1. The van der Waals surface area contributed by atoms with Crippen LogP contribution >= 0.6 is 0 Å². The molecule has 1 aliphatic carbocycles. The zero-order valence-electron chi connectivity index (χ0n) is 18.5. The molecule has 2 heterocycles. The van der Waals surface area contributed by atoms with Gasteiger partial charge in [0.25, 0.3) is 5.91 Å². The first-order valence-corrected chi connectivity index (χ1v) is 11.2. The lowest BCUT2D eigenvalue weighted by Gasteiger charge is -2.28. The average molecular weight is 440 g/mol. The molecule has 0 saturated heterocycles. The van der Waals surface area contributed by atoms with Crippen molar-refractivity contribution in [3.8, 4) is 0 Å². The van der Waals surface area contributed by atoms with Gasteiger partial charge in [0.15, 0.2) is 0 Å². The molecule has 170 valence electrons. The summed E-state index contributed by atoms with van der Waals surface area (Å²) in [5, 5.41) is 7.28. The first kappa shape index (κ1) is 22.2.